The number of amides is 2. The van der Waals surface area contributed by atoms with Crippen molar-refractivity contribution in [1.82, 2.24) is 0 Å². The first-order valence-electron chi connectivity index (χ1n) is 11.2. The SMILES string of the molecule is Cc1ccc(CCC(=O)Nc2ccc3c(c2)N(CCCOc2ccccc2)C(=O)CO3)cc1. The lowest BCUT2D eigenvalue weighted by atomic mass is 10.1. The van der Waals surface area contributed by atoms with Crippen LogP contribution in [0.4, 0.5) is 11.4 Å². The molecule has 6 heteroatoms. The van der Waals surface area contributed by atoms with Crippen LogP contribution in [0.5, 0.6) is 11.5 Å². The second-order valence-electron chi connectivity index (χ2n) is 8.07. The Hall–Kier alpha value is -3.80. The molecule has 170 valence electrons. The van der Waals surface area contributed by atoms with Crippen molar-refractivity contribution in [2.75, 3.05) is 30.0 Å². The summed E-state index contributed by atoms with van der Waals surface area (Å²) in [6, 6.07) is 23.2. The maximum Gasteiger partial charge on any atom is 0.265 e. The molecule has 3 aromatic carbocycles. The second kappa shape index (κ2) is 10.7. The van der Waals surface area contributed by atoms with Crippen molar-refractivity contribution >= 4 is 23.2 Å². The summed E-state index contributed by atoms with van der Waals surface area (Å²) in [7, 11) is 0. The first-order valence-corrected chi connectivity index (χ1v) is 11.2. The number of fused-ring (bicyclic) bond motifs is 1. The van der Waals surface area contributed by atoms with E-state index < -0.39 is 0 Å². The molecule has 2 amide bonds. The van der Waals surface area contributed by atoms with Gasteiger partial charge in [0.2, 0.25) is 5.91 Å². The molecule has 0 aromatic heterocycles. The molecule has 4 rings (SSSR count). The predicted molar refractivity (Wildman–Crippen MR) is 129 cm³/mol. The molecule has 0 atom stereocenters. The molecule has 0 unspecified atom stereocenters. The molecular weight excluding hydrogens is 416 g/mol. The highest BCUT2D eigenvalue weighted by Gasteiger charge is 2.25. The zero-order valence-electron chi connectivity index (χ0n) is 18.8. The minimum absolute atomic E-state index is 0.00873. The van der Waals surface area contributed by atoms with Gasteiger partial charge in [-0.1, -0.05) is 48.0 Å². The number of nitrogens with one attached hydrogen (secondary N) is 1. The third-order valence-corrected chi connectivity index (χ3v) is 5.49. The van der Waals surface area contributed by atoms with Crippen LogP contribution in [-0.4, -0.2) is 31.6 Å². The molecule has 0 saturated carbocycles. The Bertz CT molecular complexity index is 1100. The van der Waals surface area contributed by atoms with E-state index in [0.29, 0.717) is 49.5 Å². The summed E-state index contributed by atoms with van der Waals surface area (Å²) in [5.74, 6) is 1.27. The van der Waals surface area contributed by atoms with Gasteiger partial charge < -0.3 is 19.7 Å². The van der Waals surface area contributed by atoms with Gasteiger partial charge in [0.05, 0.1) is 12.3 Å². The fraction of sp³-hybridized carbons (Fsp3) is 0.259. The Kier molecular flexibility index (Phi) is 7.25. The molecule has 0 bridgehead atoms. The van der Waals surface area contributed by atoms with Crippen LogP contribution in [-0.2, 0) is 16.0 Å². The van der Waals surface area contributed by atoms with E-state index in [9.17, 15) is 9.59 Å². The number of carbonyl (C=O) groups is 2. The highest BCUT2D eigenvalue weighted by atomic mass is 16.5. The number of benzene rings is 3. The van der Waals surface area contributed by atoms with E-state index in [1.54, 1.807) is 23.1 Å². The molecule has 6 nitrogen and oxygen atoms in total. The Morgan fingerprint density at radius 2 is 1.85 bits per heavy atom. The zero-order valence-corrected chi connectivity index (χ0v) is 18.8. The van der Waals surface area contributed by atoms with Crippen LogP contribution in [0.2, 0.25) is 0 Å². The van der Waals surface area contributed by atoms with Crippen LogP contribution in [0.1, 0.15) is 24.0 Å². The van der Waals surface area contributed by atoms with Crippen LogP contribution in [0.3, 0.4) is 0 Å². The van der Waals surface area contributed by atoms with E-state index in [2.05, 4.69) is 5.32 Å². The monoisotopic (exact) mass is 444 g/mol. The van der Waals surface area contributed by atoms with Gasteiger partial charge in [-0.15, -0.1) is 0 Å². The Balaban J connectivity index is 1.34. The number of rotatable bonds is 9. The van der Waals surface area contributed by atoms with Crippen molar-refractivity contribution in [3.05, 3.63) is 83.9 Å². The number of aryl methyl sites for hydroxylation is 2. The van der Waals surface area contributed by atoms with Gasteiger partial charge in [0, 0.05) is 18.7 Å². The smallest absolute Gasteiger partial charge is 0.265 e. The fourth-order valence-electron chi connectivity index (χ4n) is 3.69. The number of anilines is 2. The van der Waals surface area contributed by atoms with Gasteiger partial charge in [0.15, 0.2) is 6.61 Å². The maximum absolute atomic E-state index is 12.5. The molecular formula is C27H28N2O4. The van der Waals surface area contributed by atoms with E-state index in [4.69, 9.17) is 9.47 Å². The molecule has 3 aromatic rings. The zero-order chi connectivity index (χ0) is 23.0. The molecule has 0 spiro atoms. The van der Waals surface area contributed by atoms with Gasteiger partial charge in [-0.25, -0.2) is 0 Å². The number of ether oxygens (including phenoxy) is 2. The van der Waals surface area contributed by atoms with Crippen molar-refractivity contribution in [2.24, 2.45) is 0 Å². The highest BCUT2D eigenvalue weighted by Crippen LogP contribution is 2.34. The second-order valence-corrected chi connectivity index (χ2v) is 8.07. The largest absolute Gasteiger partial charge is 0.494 e. The van der Waals surface area contributed by atoms with E-state index in [1.807, 2.05) is 61.5 Å². The summed E-state index contributed by atoms with van der Waals surface area (Å²) < 4.78 is 11.3. The molecule has 1 heterocycles. The standard InChI is InChI=1S/C27H28N2O4/c1-20-8-10-21(11-9-20)12-15-26(30)28-22-13-14-25-24(18-22)29(27(31)19-33-25)16-5-17-32-23-6-3-2-4-7-23/h2-4,6-11,13-14,18H,5,12,15-17,19H2,1H3,(H,28,30). The average Bonchev–Trinajstić information content (AvgIpc) is 2.83. The van der Waals surface area contributed by atoms with Crippen LogP contribution in [0.25, 0.3) is 0 Å². The molecule has 0 aliphatic carbocycles. The summed E-state index contributed by atoms with van der Waals surface area (Å²) in [5, 5.41) is 2.94. The van der Waals surface area contributed by atoms with Crippen molar-refractivity contribution in [2.45, 2.75) is 26.2 Å². The summed E-state index contributed by atoms with van der Waals surface area (Å²) in [5.41, 5.74) is 3.64. The van der Waals surface area contributed by atoms with E-state index >= 15 is 0 Å². The maximum atomic E-state index is 12.5. The number of hydrogen-bond acceptors (Lipinski definition) is 4. The average molecular weight is 445 g/mol. The Morgan fingerprint density at radius 3 is 2.64 bits per heavy atom. The number of para-hydroxylation sites is 1. The van der Waals surface area contributed by atoms with Crippen molar-refractivity contribution in [3.8, 4) is 11.5 Å². The van der Waals surface area contributed by atoms with Crippen molar-refractivity contribution < 1.29 is 19.1 Å². The minimum Gasteiger partial charge on any atom is -0.494 e. The molecule has 0 saturated heterocycles. The number of hydrogen-bond donors (Lipinski definition) is 1. The van der Waals surface area contributed by atoms with Gasteiger partial charge in [-0.05, 0) is 55.7 Å². The van der Waals surface area contributed by atoms with Gasteiger partial charge in [-0.2, -0.15) is 0 Å². The van der Waals surface area contributed by atoms with E-state index in [1.165, 1.54) is 5.56 Å². The van der Waals surface area contributed by atoms with Crippen LogP contribution in [0, 0.1) is 6.92 Å². The third kappa shape index (κ3) is 6.13. The summed E-state index contributed by atoms with van der Waals surface area (Å²) >= 11 is 0. The Morgan fingerprint density at radius 1 is 1.06 bits per heavy atom. The molecule has 33 heavy (non-hydrogen) atoms. The van der Waals surface area contributed by atoms with Crippen molar-refractivity contribution in [3.63, 3.8) is 0 Å². The molecule has 1 aliphatic rings. The summed E-state index contributed by atoms with van der Waals surface area (Å²) in [6.45, 7) is 3.06. The lowest BCUT2D eigenvalue weighted by molar-refractivity contribution is -0.121. The molecule has 1 aliphatic heterocycles. The van der Waals surface area contributed by atoms with Gasteiger partial charge in [0.25, 0.3) is 5.91 Å². The quantitative estimate of drug-likeness (QED) is 0.483. The fourth-order valence-corrected chi connectivity index (χ4v) is 3.69. The summed E-state index contributed by atoms with van der Waals surface area (Å²) in [4.78, 5) is 26.7. The summed E-state index contributed by atoms with van der Waals surface area (Å²) in [6.07, 6.45) is 1.73. The first kappa shape index (κ1) is 22.4. The predicted octanol–water partition coefficient (Wildman–Crippen LogP) is 4.76. The lowest BCUT2D eigenvalue weighted by Crippen LogP contribution is -2.39. The van der Waals surface area contributed by atoms with E-state index in [-0.39, 0.29) is 18.4 Å². The van der Waals surface area contributed by atoms with Gasteiger partial charge in [0.1, 0.15) is 11.5 Å². The highest BCUT2D eigenvalue weighted by molar-refractivity contribution is 5.99. The molecule has 1 N–H and O–H groups in total. The van der Waals surface area contributed by atoms with E-state index in [0.717, 1.165) is 11.3 Å². The minimum atomic E-state index is -0.106. The van der Waals surface area contributed by atoms with Crippen molar-refractivity contribution in [1.29, 1.82) is 0 Å². The molecule has 0 fully saturated rings. The Labute approximate surface area is 194 Å². The first-order chi connectivity index (χ1) is 16.1. The topological polar surface area (TPSA) is 67.9 Å². The normalized spacial score (nSPS) is 12.6. The van der Waals surface area contributed by atoms with Crippen LogP contribution >= 0.6 is 0 Å². The third-order valence-electron chi connectivity index (χ3n) is 5.49. The van der Waals surface area contributed by atoms with Crippen LogP contribution < -0.4 is 19.7 Å². The lowest BCUT2D eigenvalue weighted by Gasteiger charge is -2.30. The molecule has 0 radical (unpaired) electrons. The number of carbonyl (C=O) groups excluding carboxylic acids is 2. The van der Waals surface area contributed by atoms with Gasteiger partial charge >= 0.3 is 0 Å². The van der Waals surface area contributed by atoms with Gasteiger partial charge in [-0.3, -0.25) is 9.59 Å². The van der Waals surface area contributed by atoms with Crippen LogP contribution in [0.15, 0.2) is 72.8 Å². The number of nitrogens with zero attached hydrogens (tertiary/aromatic N) is 1.